The fraction of sp³-hybridized carbons (Fsp3) is 0.333. The maximum absolute atomic E-state index is 4.93. The Balaban J connectivity index is 2.14. The maximum atomic E-state index is 4.93. The van der Waals surface area contributed by atoms with Crippen LogP contribution in [0.3, 0.4) is 0 Å². The Morgan fingerprint density at radius 3 is 3.08 bits per heavy atom. The van der Waals surface area contributed by atoms with Crippen LogP contribution < -0.4 is 0 Å². The highest BCUT2D eigenvalue weighted by Crippen LogP contribution is 2.00. The quantitative estimate of drug-likeness (QED) is 0.681. The Labute approximate surface area is 68.0 Å². The highest BCUT2D eigenvalue weighted by atomic mass is 16.4. The molecule has 0 aliphatic rings. The molecule has 2 heterocycles. The van der Waals surface area contributed by atoms with Crippen molar-refractivity contribution in [3.63, 3.8) is 0 Å². The summed E-state index contributed by atoms with van der Waals surface area (Å²) in [6, 6.07) is 0. The van der Waals surface area contributed by atoms with Gasteiger partial charge in [-0.3, -0.25) is 5.10 Å². The molecule has 0 spiro atoms. The van der Waals surface area contributed by atoms with E-state index in [1.165, 1.54) is 6.39 Å². The lowest BCUT2D eigenvalue weighted by atomic mass is 10.4. The van der Waals surface area contributed by atoms with E-state index in [1.807, 2.05) is 6.92 Å². The standard InChI is InChI=1S/C6H7N5O/c1-4-8-5(10-9-4)2-6-11-7-3-12-6/h3H,2H2,1H3,(H,8,9,10). The summed E-state index contributed by atoms with van der Waals surface area (Å²) in [5.41, 5.74) is 0. The number of nitrogens with one attached hydrogen (secondary N) is 1. The van der Waals surface area contributed by atoms with Crippen LogP contribution in [0, 0.1) is 6.92 Å². The van der Waals surface area contributed by atoms with Crippen molar-refractivity contribution in [1.82, 2.24) is 25.4 Å². The minimum Gasteiger partial charge on any atom is -0.428 e. The van der Waals surface area contributed by atoms with Crippen LogP contribution in [0.4, 0.5) is 0 Å². The van der Waals surface area contributed by atoms with E-state index >= 15 is 0 Å². The third-order valence-electron chi connectivity index (χ3n) is 1.36. The zero-order valence-electron chi connectivity index (χ0n) is 6.48. The Morgan fingerprint density at radius 2 is 2.50 bits per heavy atom. The van der Waals surface area contributed by atoms with E-state index < -0.39 is 0 Å². The molecule has 2 aromatic heterocycles. The van der Waals surface area contributed by atoms with E-state index in [1.54, 1.807) is 0 Å². The summed E-state index contributed by atoms with van der Waals surface area (Å²) in [7, 11) is 0. The fourth-order valence-corrected chi connectivity index (χ4v) is 0.876. The second-order valence-electron chi connectivity index (χ2n) is 2.35. The molecule has 2 aromatic rings. The van der Waals surface area contributed by atoms with Crippen molar-refractivity contribution in [3.8, 4) is 0 Å². The number of nitrogens with zero attached hydrogens (tertiary/aromatic N) is 4. The van der Waals surface area contributed by atoms with Crippen molar-refractivity contribution < 1.29 is 4.42 Å². The molecular formula is C6H7N5O. The number of rotatable bonds is 2. The van der Waals surface area contributed by atoms with Gasteiger partial charge < -0.3 is 4.42 Å². The highest BCUT2D eigenvalue weighted by molar-refractivity contribution is 4.95. The minimum absolute atomic E-state index is 0.477. The van der Waals surface area contributed by atoms with Gasteiger partial charge in [0, 0.05) is 0 Å². The molecule has 0 amide bonds. The summed E-state index contributed by atoms with van der Waals surface area (Å²) < 4.78 is 4.93. The molecule has 6 nitrogen and oxygen atoms in total. The van der Waals surface area contributed by atoms with Gasteiger partial charge in [-0.2, -0.15) is 5.10 Å². The van der Waals surface area contributed by atoms with Gasteiger partial charge in [0.1, 0.15) is 5.82 Å². The second kappa shape index (κ2) is 2.72. The maximum Gasteiger partial charge on any atom is 0.223 e. The van der Waals surface area contributed by atoms with E-state index in [0.717, 1.165) is 5.82 Å². The lowest BCUT2D eigenvalue weighted by molar-refractivity contribution is 0.501. The summed E-state index contributed by atoms with van der Waals surface area (Å²) in [4.78, 5) is 4.09. The number of aromatic amines is 1. The van der Waals surface area contributed by atoms with Crippen molar-refractivity contribution >= 4 is 0 Å². The van der Waals surface area contributed by atoms with Crippen LogP contribution in [-0.4, -0.2) is 25.4 Å². The number of aromatic nitrogens is 5. The first kappa shape index (κ1) is 6.96. The van der Waals surface area contributed by atoms with Gasteiger partial charge in [0.05, 0.1) is 6.42 Å². The normalized spacial score (nSPS) is 10.4. The molecule has 0 aliphatic heterocycles. The van der Waals surface area contributed by atoms with E-state index in [4.69, 9.17) is 4.42 Å². The molecule has 0 radical (unpaired) electrons. The first-order valence-corrected chi connectivity index (χ1v) is 3.47. The molecule has 0 saturated heterocycles. The average Bonchev–Trinajstić information content (AvgIpc) is 2.63. The summed E-state index contributed by atoms with van der Waals surface area (Å²) in [6.07, 6.45) is 1.76. The fourth-order valence-electron chi connectivity index (χ4n) is 0.876. The van der Waals surface area contributed by atoms with Crippen LogP contribution in [0.25, 0.3) is 0 Å². The van der Waals surface area contributed by atoms with Crippen LogP contribution in [0.2, 0.25) is 0 Å². The van der Waals surface area contributed by atoms with Gasteiger partial charge in [0.25, 0.3) is 0 Å². The minimum atomic E-state index is 0.477. The first-order chi connectivity index (χ1) is 5.84. The largest absolute Gasteiger partial charge is 0.428 e. The predicted molar refractivity (Wildman–Crippen MR) is 38.2 cm³/mol. The van der Waals surface area contributed by atoms with Crippen LogP contribution in [0.5, 0.6) is 0 Å². The van der Waals surface area contributed by atoms with Gasteiger partial charge in [-0.15, -0.1) is 10.2 Å². The lowest BCUT2D eigenvalue weighted by Gasteiger charge is -1.84. The lowest BCUT2D eigenvalue weighted by Crippen LogP contribution is -1.91. The molecule has 0 atom stereocenters. The predicted octanol–water partition coefficient (Wildman–Crippen LogP) is 0.0869. The molecule has 0 aromatic carbocycles. The van der Waals surface area contributed by atoms with E-state index in [2.05, 4.69) is 25.4 Å². The summed E-state index contributed by atoms with van der Waals surface area (Å²) in [5, 5.41) is 13.9. The van der Waals surface area contributed by atoms with Gasteiger partial charge in [-0.05, 0) is 6.92 Å². The second-order valence-corrected chi connectivity index (χ2v) is 2.35. The van der Waals surface area contributed by atoms with Gasteiger partial charge in [0.15, 0.2) is 5.82 Å². The zero-order chi connectivity index (χ0) is 8.39. The van der Waals surface area contributed by atoms with Gasteiger partial charge in [0.2, 0.25) is 12.3 Å². The topological polar surface area (TPSA) is 80.5 Å². The Bertz CT molecular complexity index is 352. The van der Waals surface area contributed by atoms with Crippen molar-refractivity contribution in [3.05, 3.63) is 23.9 Å². The molecule has 12 heavy (non-hydrogen) atoms. The Hall–Kier alpha value is -1.72. The summed E-state index contributed by atoms with van der Waals surface area (Å²) in [5.74, 6) is 1.97. The third kappa shape index (κ3) is 1.31. The molecule has 1 N–H and O–H groups in total. The zero-order valence-corrected chi connectivity index (χ0v) is 6.48. The van der Waals surface area contributed by atoms with E-state index in [0.29, 0.717) is 18.1 Å². The molecule has 2 rings (SSSR count). The SMILES string of the molecule is Cc1nc(Cc2nnco2)n[nH]1. The van der Waals surface area contributed by atoms with E-state index in [9.17, 15) is 0 Å². The monoisotopic (exact) mass is 165 g/mol. The smallest absolute Gasteiger partial charge is 0.223 e. The van der Waals surface area contributed by atoms with Crippen molar-refractivity contribution in [2.75, 3.05) is 0 Å². The summed E-state index contributed by atoms with van der Waals surface area (Å²) >= 11 is 0. The summed E-state index contributed by atoms with van der Waals surface area (Å²) in [6.45, 7) is 1.84. The highest BCUT2D eigenvalue weighted by Gasteiger charge is 2.04. The molecule has 0 fully saturated rings. The molecule has 0 aliphatic carbocycles. The number of hydrogen-bond acceptors (Lipinski definition) is 5. The molecular weight excluding hydrogens is 158 g/mol. The van der Waals surface area contributed by atoms with Gasteiger partial charge >= 0.3 is 0 Å². The molecule has 0 unspecified atom stereocenters. The molecule has 6 heteroatoms. The Morgan fingerprint density at radius 1 is 1.58 bits per heavy atom. The van der Waals surface area contributed by atoms with Crippen LogP contribution in [0.15, 0.2) is 10.8 Å². The Kier molecular flexibility index (Phi) is 1.58. The van der Waals surface area contributed by atoms with Crippen LogP contribution in [0.1, 0.15) is 17.5 Å². The molecule has 0 saturated carbocycles. The molecule has 0 bridgehead atoms. The number of hydrogen-bond donors (Lipinski definition) is 1. The van der Waals surface area contributed by atoms with Crippen molar-refractivity contribution in [1.29, 1.82) is 0 Å². The molecule has 62 valence electrons. The number of H-pyrrole nitrogens is 1. The van der Waals surface area contributed by atoms with Crippen LogP contribution in [-0.2, 0) is 6.42 Å². The van der Waals surface area contributed by atoms with Crippen molar-refractivity contribution in [2.24, 2.45) is 0 Å². The first-order valence-electron chi connectivity index (χ1n) is 3.47. The third-order valence-corrected chi connectivity index (χ3v) is 1.36. The van der Waals surface area contributed by atoms with E-state index in [-0.39, 0.29) is 0 Å². The average molecular weight is 165 g/mol. The van der Waals surface area contributed by atoms with Gasteiger partial charge in [-0.1, -0.05) is 0 Å². The van der Waals surface area contributed by atoms with Gasteiger partial charge in [-0.25, -0.2) is 4.98 Å². The number of aryl methyl sites for hydroxylation is 1. The van der Waals surface area contributed by atoms with Crippen molar-refractivity contribution in [2.45, 2.75) is 13.3 Å². The van der Waals surface area contributed by atoms with Crippen LogP contribution >= 0.6 is 0 Å².